The molecule has 1 rings (SSSR count). The van der Waals surface area contributed by atoms with Crippen LogP contribution in [0, 0.1) is 0 Å². The minimum Gasteiger partial charge on any atom is -0.352 e. The average molecular weight is 227 g/mol. The van der Waals surface area contributed by atoms with Crippen LogP contribution in [-0.4, -0.2) is 24.5 Å². The van der Waals surface area contributed by atoms with Gasteiger partial charge in [-0.1, -0.05) is 19.3 Å². The average Bonchev–Trinajstić information content (AvgIpc) is 2.49. The second-order valence-electron chi connectivity index (χ2n) is 4.72. The molecule has 1 heterocycles. The van der Waals surface area contributed by atoms with Gasteiger partial charge in [0.25, 0.3) is 0 Å². The lowest BCUT2D eigenvalue weighted by Crippen LogP contribution is -2.46. The Hall–Kier alpha value is -0.610. The molecular weight excluding hydrogens is 202 g/mol. The molecule has 0 saturated carbocycles. The number of nitrogens with two attached hydrogens (primary N) is 2. The molecule has 94 valence electrons. The van der Waals surface area contributed by atoms with E-state index in [-0.39, 0.29) is 18.0 Å². The molecular formula is C12H25N3O. The van der Waals surface area contributed by atoms with Gasteiger partial charge in [0.1, 0.15) is 0 Å². The molecule has 1 aliphatic heterocycles. The molecule has 2 atom stereocenters. The van der Waals surface area contributed by atoms with Crippen LogP contribution >= 0.6 is 0 Å². The van der Waals surface area contributed by atoms with Crippen molar-refractivity contribution in [1.82, 2.24) is 5.32 Å². The zero-order valence-electron chi connectivity index (χ0n) is 10.1. The second kappa shape index (κ2) is 7.63. The van der Waals surface area contributed by atoms with Gasteiger partial charge in [0.15, 0.2) is 0 Å². The highest BCUT2D eigenvalue weighted by Crippen LogP contribution is 2.14. The van der Waals surface area contributed by atoms with Gasteiger partial charge in [0, 0.05) is 18.5 Å². The van der Waals surface area contributed by atoms with Crippen molar-refractivity contribution in [3.05, 3.63) is 0 Å². The molecule has 0 spiro atoms. The van der Waals surface area contributed by atoms with Crippen molar-refractivity contribution in [3.63, 3.8) is 0 Å². The minimum atomic E-state index is 0.111. The summed E-state index contributed by atoms with van der Waals surface area (Å²) in [6, 6.07) is 0.299. The molecule has 2 unspecified atom stereocenters. The van der Waals surface area contributed by atoms with Crippen molar-refractivity contribution in [1.29, 1.82) is 0 Å². The van der Waals surface area contributed by atoms with E-state index in [1.54, 1.807) is 0 Å². The fourth-order valence-corrected chi connectivity index (χ4v) is 2.22. The van der Waals surface area contributed by atoms with Crippen LogP contribution in [0.15, 0.2) is 0 Å². The molecule has 0 radical (unpaired) electrons. The molecule has 0 bridgehead atoms. The number of hydrogen-bond donors (Lipinski definition) is 3. The van der Waals surface area contributed by atoms with Crippen molar-refractivity contribution in [2.24, 2.45) is 11.5 Å². The molecule has 4 nitrogen and oxygen atoms in total. The largest absolute Gasteiger partial charge is 0.352 e. The summed E-state index contributed by atoms with van der Waals surface area (Å²) in [5.41, 5.74) is 11.6. The van der Waals surface area contributed by atoms with Gasteiger partial charge in [0.2, 0.25) is 5.91 Å². The van der Waals surface area contributed by atoms with E-state index in [1.165, 1.54) is 0 Å². The minimum absolute atomic E-state index is 0.111. The zero-order valence-corrected chi connectivity index (χ0v) is 10.1. The van der Waals surface area contributed by atoms with Crippen molar-refractivity contribution >= 4 is 5.91 Å². The quantitative estimate of drug-likeness (QED) is 0.589. The lowest BCUT2D eigenvalue weighted by Gasteiger charge is -2.23. The first-order valence-corrected chi connectivity index (χ1v) is 6.49. The van der Waals surface area contributed by atoms with Crippen molar-refractivity contribution < 1.29 is 4.79 Å². The molecule has 1 saturated heterocycles. The predicted octanol–water partition coefficient (Wildman–Crippen LogP) is 0.892. The molecule has 0 aliphatic carbocycles. The third-order valence-corrected chi connectivity index (χ3v) is 3.27. The number of unbranched alkanes of at least 4 members (excludes halogenated alkanes) is 2. The second-order valence-corrected chi connectivity index (χ2v) is 4.72. The lowest BCUT2D eigenvalue weighted by molar-refractivity contribution is -0.121. The summed E-state index contributed by atoms with van der Waals surface area (Å²) in [6.45, 7) is 0.759. The number of rotatable bonds is 6. The predicted molar refractivity (Wildman–Crippen MR) is 65.9 cm³/mol. The summed E-state index contributed by atoms with van der Waals surface area (Å²) >= 11 is 0. The third kappa shape index (κ3) is 4.94. The van der Waals surface area contributed by atoms with E-state index in [4.69, 9.17) is 11.5 Å². The monoisotopic (exact) mass is 227 g/mol. The van der Waals surface area contributed by atoms with Crippen molar-refractivity contribution in [3.8, 4) is 0 Å². The van der Waals surface area contributed by atoms with Crippen LogP contribution in [0.2, 0.25) is 0 Å². The van der Waals surface area contributed by atoms with Gasteiger partial charge in [-0.25, -0.2) is 0 Å². The van der Waals surface area contributed by atoms with E-state index in [2.05, 4.69) is 5.32 Å². The summed E-state index contributed by atoms with van der Waals surface area (Å²) in [5.74, 6) is 0.167. The normalized spacial score (nSPS) is 23.6. The molecule has 0 aromatic rings. The van der Waals surface area contributed by atoms with E-state index in [0.29, 0.717) is 6.42 Å². The van der Waals surface area contributed by atoms with Crippen LogP contribution < -0.4 is 16.8 Å². The van der Waals surface area contributed by atoms with Crippen LogP contribution in [-0.2, 0) is 4.79 Å². The maximum Gasteiger partial charge on any atom is 0.220 e. The fourth-order valence-electron chi connectivity index (χ4n) is 2.22. The fraction of sp³-hybridized carbons (Fsp3) is 0.917. The van der Waals surface area contributed by atoms with Gasteiger partial charge in [0.05, 0.1) is 0 Å². The van der Waals surface area contributed by atoms with Crippen LogP contribution in [0.25, 0.3) is 0 Å². The van der Waals surface area contributed by atoms with Gasteiger partial charge in [-0.2, -0.15) is 0 Å². The van der Waals surface area contributed by atoms with Gasteiger partial charge >= 0.3 is 0 Å². The summed E-state index contributed by atoms with van der Waals surface area (Å²) in [4.78, 5) is 11.4. The Bertz CT molecular complexity index is 208. The topological polar surface area (TPSA) is 81.1 Å². The Morgan fingerprint density at radius 2 is 2.12 bits per heavy atom. The molecule has 16 heavy (non-hydrogen) atoms. The van der Waals surface area contributed by atoms with Crippen LogP contribution in [0.4, 0.5) is 0 Å². The Morgan fingerprint density at radius 1 is 1.31 bits per heavy atom. The molecule has 1 fully saturated rings. The van der Waals surface area contributed by atoms with E-state index < -0.39 is 0 Å². The SMILES string of the molecule is NCCCCCC(N)C1CCCCC(=O)N1. The highest BCUT2D eigenvalue weighted by molar-refractivity contribution is 5.76. The number of amides is 1. The van der Waals surface area contributed by atoms with Gasteiger partial charge in [-0.05, 0) is 32.2 Å². The Morgan fingerprint density at radius 3 is 2.88 bits per heavy atom. The van der Waals surface area contributed by atoms with Crippen molar-refractivity contribution in [2.75, 3.05) is 6.54 Å². The van der Waals surface area contributed by atoms with Crippen LogP contribution in [0.1, 0.15) is 51.4 Å². The number of hydrogen-bond acceptors (Lipinski definition) is 3. The van der Waals surface area contributed by atoms with E-state index in [0.717, 1.165) is 51.5 Å². The van der Waals surface area contributed by atoms with Gasteiger partial charge in [-0.3, -0.25) is 4.79 Å². The summed E-state index contributed by atoms with van der Waals surface area (Å²) < 4.78 is 0. The van der Waals surface area contributed by atoms with E-state index in [9.17, 15) is 4.79 Å². The third-order valence-electron chi connectivity index (χ3n) is 3.27. The maximum absolute atomic E-state index is 11.4. The van der Waals surface area contributed by atoms with Crippen LogP contribution in [0.3, 0.4) is 0 Å². The summed E-state index contributed by atoms with van der Waals surface area (Å²) in [7, 11) is 0. The zero-order chi connectivity index (χ0) is 11.8. The maximum atomic E-state index is 11.4. The molecule has 5 N–H and O–H groups in total. The van der Waals surface area contributed by atoms with Gasteiger partial charge < -0.3 is 16.8 Å². The summed E-state index contributed by atoms with van der Waals surface area (Å²) in [6.07, 6.45) is 8.13. The highest BCUT2D eigenvalue weighted by Gasteiger charge is 2.21. The lowest BCUT2D eigenvalue weighted by atomic mass is 9.98. The number of carbonyl (C=O) groups is 1. The van der Waals surface area contributed by atoms with E-state index >= 15 is 0 Å². The molecule has 0 aromatic carbocycles. The summed E-state index contributed by atoms with van der Waals surface area (Å²) in [5, 5.41) is 3.03. The molecule has 1 amide bonds. The van der Waals surface area contributed by atoms with Crippen molar-refractivity contribution in [2.45, 2.75) is 63.5 Å². The molecule has 4 heteroatoms. The smallest absolute Gasteiger partial charge is 0.220 e. The number of carbonyl (C=O) groups excluding carboxylic acids is 1. The Balaban J connectivity index is 2.22. The first-order chi connectivity index (χ1) is 7.74. The highest BCUT2D eigenvalue weighted by atomic mass is 16.1. The Labute approximate surface area is 98.1 Å². The standard InChI is InChI=1S/C12H25N3O/c13-9-5-1-2-6-10(14)11-7-3-4-8-12(16)15-11/h10-11H,1-9,13-14H2,(H,15,16). The number of nitrogens with one attached hydrogen (secondary N) is 1. The van der Waals surface area contributed by atoms with Crippen LogP contribution in [0.5, 0.6) is 0 Å². The molecule has 0 aromatic heterocycles. The first kappa shape index (κ1) is 13.5. The first-order valence-electron chi connectivity index (χ1n) is 6.49. The van der Waals surface area contributed by atoms with E-state index in [1.807, 2.05) is 0 Å². The Kier molecular flexibility index (Phi) is 6.42. The molecule has 1 aliphatic rings. The van der Waals surface area contributed by atoms with Gasteiger partial charge in [-0.15, -0.1) is 0 Å².